The fraction of sp³-hybridized carbons (Fsp3) is 0. The zero-order valence-electron chi connectivity index (χ0n) is 22.5. The minimum atomic E-state index is -0.00191. The first kappa shape index (κ1) is 25.1. The van der Waals surface area contributed by atoms with Crippen LogP contribution in [0.5, 0.6) is 5.75 Å². The number of nitrogens with zero attached hydrogens (tertiary/aromatic N) is 2. The summed E-state index contributed by atoms with van der Waals surface area (Å²) in [5.74, 6) is -0.00191. The number of pyridine rings is 2. The Morgan fingerprint density at radius 2 is 1.24 bits per heavy atom. The zero-order valence-corrected chi connectivity index (χ0v) is 22.5. The third-order valence-electron chi connectivity index (χ3n) is 7.79. The van der Waals surface area contributed by atoms with Crippen LogP contribution >= 0.6 is 0 Å². The fourth-order valence-electron chi connectivity index (χ4n) is 5.84. The van der Waals surface area contributed by atoms with Gasteiger partial charge in [-0.25, -0.2) is 9.97 Å². The molecular weight excluding hydrogens is 497 g/mol. The number of fused-ring (bicyclic) bond motifs is 6. The summed E-state index contributed by atoms with van der Waals surface area (Å²) in [6, 6.07) is 43.3. The summed E-state index contributed by atoms with van der Waals surface area (Å²) in [4.78, 5) is 8.36. The van der Waals surface area contributed by atoms with Crippen LogP contribution < -0.4 is 29.0 Å². The van der Waals surface area contributed by atoms with Crippen LogP contribution in [0.4, 0.5) is 0 Å². The summed E-state index contributed by atoms with van der Waals surface area (Å²) < 4.78 is 2.33. The van der Waals surface area contributed by atoms with Crippen molar-refractivity contribution in [3.63, 3.8) is 0 Å². The molecule has 41 heavy (non-hydrogen) atoms. The summed E-state index contributed by atoms with van der Waals surface area (Å²) in [5, 5.41) is 17.0. The Balaban J connectivity index is 0.00000276. The molecule has 4 nitrogen and oxygen atoms in total. The normalized spacial score (nSPS) is 11.3. The van der Waals surface area contributed by atoms with Crippen LogP contribution in [0.2, 0.25) is 0 Å². The topological polar surface area (TPSA) is 55.0 Å². The van der Waals surface area contributed by atoms with E-state index in [2.05, 4.69) is 101 Å². The first-order chi connectivity index (χ1) is 19.7. The van der Waals surface area contributed by atoms with Crippen LogP contribution in [0.1, 0.15) is 0 Å². The molecule has 0 atom stereocenters. The van der Waals surface area contributed by atoms with Gasteiger partial charge >= 0.3 is 18.9 Å². The molecule has 1 N–H and O–H groups in total. The van der Waals surface area contributed by atoms with Crippen LogP contribution in [-0.4, -0.2) is 9.55 Å². The number of para-hydroxylation sites is 3. The second-order valence-corrected chi connectivity index (χ2v) is 10.1. The molecule has 3 heterocycles. The van der Waals surface area contributed by atoms with E-state index in [9.17, 15) is 5.11 Å². The molecule has 0 bridgehead atoms. The van der Waals surface area contributed by atoms with Crippen molar-refractivity contribution < 1.29 is 29.0 Å². The second-order valence-electron chi connectivity index (χ2n) is 10.1. The van der Waals surface area contributed by atoms with Crippen molar-refractivity contribution in [1.29, 1.82) is 0 Å². The monoisotopic (exact) mass is 520 g/mol. The molecule has 8 rings (SSSR count). The summed E-state index contributed by atoms with van der Waals surface area (Å²) in [6.07, 6.45) is 1.93. The van der Waals surface area contributed by atoms with Crippen LogP contribution in [-0.2, 0) is 0 Å². The predicted molar refractivity (Wildman–Crippen MR) is 160 cm³/mol. The Hall–Kier alpha value is -4.88. The number of H-pyrrole nitrogens is 1. The second kappa shape index (κ2) is 9.94. The number of hydrogen-bond acceptors (Lipinski definition) is 2. The van der Waals surface area contributed by atoms with E-state index < -0.39 is 0 Å². The molecule has 0 saturated heterocycles. The summed E-state index contributed by atoms with van der Waals surface area (Å²) in [5.41, 5.74) is 8.94. The summed E-state index contributed by atoms with van der Waals surface area (Å²) in [6.45, 7) is 0. The molecule has 3 aromatic heterocycles. The Labute approximate surface area is 248 Å². The minimum absolute atomic E-state index is 0. The molecular formula is C36H23LiN3O+. The standard InChI is InChI=1S/C36H23N3O.Li/c40-34-12-6-3-9-30(34)31-20-17-24-13-14-25-21-26(22-37-35(25)36(24)38-31)23-15-18-27(19-16-23)39-32-10-4-1-7-28(32)29-8-2-5-11-33(29)39;/h1-22,40H;/q;+1. The number of hydrogen-bond donors (Lipinski definition) is 0. The third kappa shape index (κ3) is 4.08. The van der Waals surface area contributed by atoms with Crippen molar-refractivity contribution >= 4 is 43.6 Å². The van der Waals surface area contributed by atoms with E-state index in [-0.39, 0.29) is 24.6 Å². The number of aromatic nitrogens is 3. The number of rotatable bonds is 3. The predicted octanol–water partition coefficient (Wildman–Crippen LogP) is 4.71. The molecule has 0 spiro atoms. The van der Waals surface area contributed by atoms with Gasteiger partial charge in [0.2, 0.25) is 11.2 Å². The van der Waals surface area contributed by atoms with Gasteiger partial charge in [-0.05, 0) is 54.1 Å². The van der Waals surface area contributed by atoms with Gasteiger partial charge in [0.05, 0.1) is 11.0 Å². The Bertz CT molecular complexity index is 2180. The van der Waals surface area contributed by atoms with Crippen molar-refractivity contribution in [3.8, 4) is 33.8 Å². The van der Waals surface area contributed by atoms with Gasteiger partial charge in [0.25, 0.3) is 0 Å². The van der Waals surface area contributed by atoms with E-state index in [1.54, 1.807) is 12.1 Å². The van der Waals surface area contributed by atoms with Gasteiger partial charge in [0.1, 0.15) is 5.52 Å². The van der Waals surface area contributed by atoms with Crippen LogP contribution in [0, 0.1) is 0 Å². The van der Waals surface area contributed by atoms with Crippen LogP contribution in [0.25, 0.3) is 71.7 Å². The summed E-state index contributed by atoms with van der Waals surface area (Å²) >= 11 is 0. The summed E-state index contributed by atoms with van der Waals surface area (Å²) in [7, 11) is 0. The van der Waals surface area contributed by atoms with Gasteiger partial charge in [-0.1, -0.05) is 78.5 Å². The quantitative estimate of drug-likeness (QED) is 0.250. The van der Waals surface area contributed by atoms with Crippen molar-refractivity contribution in [2.75, 3.05) is 0 Å². The molecule has 0 aliphatic heterocycles. The molecule has 0 aliphatic carbocycles. The van der Waals surface area contributed by atoms with E-state index in [0.29, 0.717) is 5.56 Å². The molecule has 0 fully saturated rings. The van der Waals surface area contributed by atoms with Crippen molar-refractivity contribution in [3.05, 3.63) is 134 Å². The average Bonchev–Trinajstić information content (AvgIpc) is 3.35. The number of aromatic amines is 1. The largest absolute Gasteiger partial charge is 1.00 e. The molecule has 5 aromatic carbocycles. The number of nitrogens with one attached hydrogen (secondary N) is 1. The Morgan fingerprint density at radius 1 is 0.610 bits per heavy atom. The van der Waals surface area contributed by atoms with Gasteiger partial charge < -0.3 is 9.67 Å². The molecule has 188 valence electrons. The molecule has 0 aliphatic rings. The van der Waals surface area contributed by atoms with Gasteiger partial charge in [0, 0.05) is 50.6 Å². The molecule has 8 aromatic rings. The van der Waals surface area contributed by atoms with Crippen molar-refractivity contribution in [2.45, 2.75) is 0 Å². The van der Waals surface area contributed by atoms with Crippen molar-refractivity contribution in [1.82, 2.24) is 9.55 Å². The van der Waals surface area contributed by atoms with E-state index in [1.807, 2.05) is 30.5 Å². The molecule has 0 unspecified atom stereocenters. The van der Waals surface area contributed by atoms with E-state index in [4.69, 9.17) is 4.98 Å². The SMILES string of the molecule is [Li+].[O-]c1ccccc1-c1ccc2ccc3cc(-c4ccc(-n5c6ccccc6c6ccccc65)cc4)cnc3c2[nH+]1. The zero-order chi connectivity index (χ0) is 26.6. The average molecular weight is 521 g/mol. The third-order valence-corrected chi connectivity index (χ3v) is 7.79. The van der Waals surface area contributed by atoms with Crippen LogP contribution in [0.15, 0.2) is 134 Å². The van der Waals surface area contributed by atoms with E-state index in [1.165, 1.54) is 21.8 Å². The first-order valence-electron chi connectivity index (χ1n) is 13.3. The smallest absolute Gasteiger partial charge is 0.872 e. The van der Waals surface area contributed by atoms with Crippen molar-refractivity contribution in [2.24, 2.45) is 0 Å². The van der Waals surface area contributed by atoms with Gasteiger partial charge in [-0.3, -0.25) is 0 Å². The van der Waals surface area contributed by atoms with E-state index >= 15 is 0 Å². The van der Waals surface area contributed by atoms with E-state index in [0.717, 1.165) is 44.3 Å². The fourth-order valence-corrected chi connectivity index (χ4v) is 5.84. The minimum Gasteiger partial charge on any atom is -0.872 e. The maximum atomic E-state index is 12.4. The Kier molecular flexibility index (Phi) is 6.09. The maximum Gasteiger partial charge on any atom is 1.00 e. The maximum absolute atomic E-state index is 12.4. The molecule has 0 amide bonds. The van der Waals surface area contributed by atoms with Gasteiger partial charge in [-0.2, -0.15) is 0 Å². The van der Waals surface area contributed by atoms with Gasteiger partial charge in [-0.15, -0.1) is 0 Å². The first-order valence-corrected chi connectivity index (χ1v) is 13.3. The number of benzene rings is 5. The van der Waals surface area contributed by atoms with Crippen LogP contribution in [0.3, 0.4) is 0 Å². The molecule has 0 saturated carbocycles. The Morgan fingerprint density at radius 3 is 1.98 bits per heavy atom. The molecule has 0 radical (unpaired) electrons. The molecule has 5 heteroatoms. The van der Waals surface area contributed by atoms with Gasteiger partial charge in [0.15, 0.2) is 0 Å².